The SMILES string of the molecule is NC(CSc1cccc(Br)c1)Cc1ccc(Cl)s1. The van der Waals surface area contributed by atoms with Gasteiger partial charge in [0.25, 0.3) is 0 Å². The van der Waals surface area contributed by atoms with Gasteiger partial charge in [0.05, 0.1) is 4.34 Å². The number of thiophene rings is 1. The van der Waals surface area contributed by atoms with Gasteiger partial charge in [-0.15, -0.1) is 23.1 Å². The molecule has 1 nitrogen and oxygen atoms in total. The highest BCUT2D eigenvalue weighted by atomic mass is 79.9. The summed E-state index contributed by atoms with van der Waals surface area (Å²) in [5.41, 5.74) is 6.13. The van der Waals surface area contributed by atoms with Crippen LogP contribution in [0.4, 0.5) is 0 Å². The minimum atomic E-state index is 0.156. The van der Waals surface area contributed by atoms with Crippen molar-refractivity contribution in [2.75, 3.05) is 5.75 Å². The average molecular weight is 363 g/mol. The highest BCUT2D eigenvalue weighted by Gasteiger charge is 2.07. The number of nitrogens with two attached hydrogens (primary N) is 1. The molecule has 18 heavy (non-hydrogen) atoms. The Bertz CT molecular complexity index is 515. The fourth-order valence-electron chi connectivity index (χ4n) is 1.54. The molecule has 0 aliphatic carbocycles. The van der Waals surface area contributed by atoms with Gasteiger partial charge in [0.2, 0.25) is 0 Å². The lowest BCUT2D eigenvalue weighted by Crippen LogP contribution is -2.25. The van der Waals surface area contributed by atoms with Crippen LogP contribution < -0.4 is 5.73 Å². The molecule has 1 aromatic carbocycles. The van der Waals surface area contributed by atoms with Gasteiger partial charge in [-0.2, -0.15) is 0 Å². The Kier molecular flexibility index (Phi) is 5.57. The Balaban J connectivity index is 1.83. The molecule has 96 valence electrons. The molecule has 5 heteroatoms. The molecule has 0 aliphatic heterocycles. The molecule has 2 N–H and O–H groups in total. The van der Waals surface area contributed by atoms with Crippen molar-refractivity contribution in [3.05, 3.63) is 50.1 Å². The van der Waals surface area contributed by atoms with E-state index in [0.717, 1.165) is 21.0 Å². The Hall–Kier alpha value is -0.0000000000000000278. The first-order chi connectivity index (χ1) is 8.63. The van der Waals surface area contributed by atoms with Crippen molar-refractivity contribution in [3.63, 3.8) is 0 Å². The quantitative estimate of drug-likeness (QED) is 0.771. The summed E-state index contributed by atoms with van der Waals surface area (Å²) in [5.74, 6) is 0.909. The van der Waals surface area contributed by atoms with Gasteiger partial charge in [-0.1, -0.05) is 33.6 Å². The number of hydrogen-bond donors (Lipinski definition) is 1. The molecule has 0 aliphatic rings. The van der Waals surface area contributed by atoms with Crippen LogP contribution in [0.1, 0.15) is 4.88 Å². The van der Waals surface area contributed by atoms with E-state index in [4.69, 9.17) is 17.3 Å². The lowest BCUT2D eigenvalue weighted by molar-refractivity contribution is 0.757. The highest BCUT2D eigenvalue weighted by molar-refractivity contribution is 9.10. The molecular weight excluding hydrogens is 350 g/mol. The first-order valence-corrected chi connectivity index (χ1v) is 8.49. The summed E-state index contributed by atoms with van der Waals surface area (Å²) >= 11 is 12.8. The van der Waals surface area contributed by atoms with Crippen LogP contribution in [0.15, 0.2) is 45.8 Å². The van der Waals surface area contributed by atoms with E-state index in [2.05, 4.69) is 34.1 Å². The van der Waals surface area contributed by atoms with Gasteiger partial charge in [-0.25, -0.2) is 0 Å². The summed E-state index contributed by atoms with van der Waals surface area (Å²) in [6.07, 6.45) is 0.887. The second-order valence-corrected chi connectivity index (χ2v) is 7.75. The molecule has 1 heterocycles. The zero-order valence-corrected chi connectivity index (χ0v) is 13.6. The first kappa shape index (κ1) is 14.4. The molecule has 1 atom stereocenters. The predicted molar refractivity (Wildman–Crippen MR) is 85.9 cm³/mol. The van der Waals surface area contributed by atoms with Crippen LogP contribution in [0.25, 0.3) is 0 Å². The summed E-state index contributed by atoms with van der Waals surface area (Å²) in [6.45, 7) is 0. The summed E-state index contributed by atoms with van der Waals surface area (Å²) in [7, 11) is 0. The summed E-state index contributed by atoms with van der Waals surface area (Å²) in [6, 6.07) is 12.4. The number of benzene rings is 1. The normalized spacial score (nSPS) is 12.6. The Morgan fingerprint density at radius 1 is 1.33 bits per heavy atom. The maximum absolute atomic E-state index is 6.13. The van der Waals surface area contributed by atoms with E-state index in [1.807, 2.05) is 18.2 Å². The van der Waals surface area contributed by atoms with E-state index in [0.29, 0.717) is 0 Å². The molecule has 0 amide bonds. The third-order valence-corrected chi connectivity index (χ3v) is 5.28. The highest BCUT2D eigenvalue weighted by Crippen LogP contribution is 2.25. The van der Waals surface area contributed by atoms with Crippen molar-refractivity contribution in [1.29, 1.82) is 0 Å². The van der Waals surface area contributed by atoms with Gasteiger partial charge in [-0.05, 0) is 36.8 Å². The number of halogens is 2. The second-order valence-electron chi connectivity index (χ2n) is 3.94. The van der Waals surface area contributed by atoms with Crippen LogP contribution in [-0.4, -0.2) is 11.8 Å². The van der Waals surface area contributed by atoms with Crippen LogP contribution in [0.5, 0.6) is 0 Å². The van der Waals surface area contributed by atoms with Gasteiger partial charge in [0.1, 0.15) is 0 Å². The van der Waals surface area contributed by atoms with E-state index in [-0.39, 0.29) is 6.04 Å². The molecule has 0 spiro atoms. The maximum Gasteiger partial charge on any atom is 0.0931 e. The van der Waals surface area contributed by atoms with Crippen molar-refractivity contribution in [2.24, 2.45) is 5.73 Å². The number of thioether (sulfide) groups is 1. The minimum Gasteiger partial charge on any atom is -0.327 e. The zero-order valence-electron chi connectivity index (χ0n) is 9.61. The van der Waals surface area contributed by atoms with E-state index >= 15 is 0 Å². The molecule has 0 saturated heterocycles. The molecule has 0 radical (unpaired) electrons. The molecule has 2 rings (SSSR count). The third-order valence-electron chi connectivity index (χ3n) is 2.35. The van der Waals surface area contributed by atoms with Crippen molar-refractivity contribution >= 4 is 50.6 Å². The fraction of sp³-hybridized carbons (Fsp3) is 0.231. The summed E-state index contributed by atoms with van der Waals surface area (Å²) < 4.78 is 1.93. The molecule has 0 saturated carbocycles. The van der Waals surface area contributed by atoms with E-state index in [1.54, 1.807) is 23.1 Å². The molecule has 0 bridgehead atoms. The van der Waals surface area contributed by atoms with E-state index in [9.17, 15) is 0 Å². The molecule has 1 unspecified atom stereocenters. The Morgan fingerprint density at radius 2 is 2.17 bits per heavy atom. The Labute approximate surface area is 129 Å². The standard InChI is InChI=1S/C13H13BrClNS2/c14-9-2-1-3-11(6-9)17-8-10(16)7-12-4-5-13(15)18-12/h1-6,10H,7-8,16H2. The number of hydrogen-bond acceptors (Lipinski definition) is 3. The van der Waals surface area contributed by atoms with Gasteiger partial charge < -0.3 is 5.73 Å². The third kappa shape index (κ3) is 4.59. The van der Waals surface area contributed by atoms with Gasteiger partial charge in [0.15, 0.2) is 0 Å². The van der Waals surface area contributed by atoms with Crippen LogP contribution >= 0.6 is 50.6 Å². The molecule has 1 aromatic heterocycles. The molecular formula is C13H13BrClNS2. The topological polar surface area (TPSA) is 26.0 Å². The Morgan fingerprint density at radius 3 is 2.83 bits per heavy atom. The zero-order chi connectivity index (χ0) is 13.0. The van der Waals surface area contributed by atoms with Crippen molar-refractivity contribution in [1.82, 2.24) is 0 Å². The maximum atomic E-state index is 6.13. The summed E-state index contributed by atoms with van der Waals surface area (Å²) in [4.78, 5) is 2.49. The summed E-state index contributed by atoms with van der Waals surface area (Å²) in [5, 5.41) is 0. The van der Waals surface area contributed by atoms with Gasteiger partial charge in [-0.3, -0.25) is 0 Å². The van der Waals surface area contributed by atoms with Crippen LogP contribution in [0, 0.1) is 0 Å². The second kappa shape index (κ2) is 6.96. The largest absolute Gasteiger partial charge is 0.327 e. The van der Waals surface area contributed by atoms with Crippen molar-refractivity contribution in [3.8, 4) is 0 Å². The average Bonchev–Trinajstić information content (AvgIpc) is 2.72. The van der Waals surface area contributed by atoms with Crippen molar-refractivity contribution < 1.29 is 0 Å². The molecule has 2 aromatic rings. The first-order valence-electron chi connectivity index (χ1n) is 5.51. The minimum absolute atomic E-state index is 0.156. The monoisotopic (exact) mass is 361 g/mol. The van der Waals surface area contributed by atoms with E-state index in [1.165, 1.54) is 9.77 Å². The van der Waals surface area contributed by atoms with Gasteiger partial charge >= 0.3 is 0 Å². The van der Waals surface area contributed by atoms with Crippen LogP contribution in [0.2, 0.25) is 4.34 Å². The van der Waals surface area contributed by atoms with Crippen LogP contribution in [0.3, 0.4) is 0 Å². The smallest absolute Gasteiger partial charge is 0.0931 e. The van der Waals surface area contributed by atoms with Crippen LogP contribution in [-0.2, 0) is 6.42 Å². The fourth-order valence-corrected chi connectivity index (χ4v) is 4.18. The van der Waals surface area contributed by atoms with Crippen molar-refractivity contribution in [2.45, 2.75) is 17.4 Å². The lowest BCUT2D eigenvalue weighted by atomic mass is 10.2. The predicted octanol–water partition coefficient (Wildman–Crippen LogP) is 4.83. The van der Waals surface area contributed by atoms with E-state index < -0.39 is 0 Å². The number of rotatable bonds is 5. The lowest BCUT2D eigenvalue weighted by Gasteiger charge is -2.10. The van der Waals surface area contributed by atoms with Gasteiger partial charge in [0, 0.05) is 26.0 Å². The molecule has 0 fully saturated rings.